The summed E-state index contributed by atoms with van der Waals surface area (Å²) in [6.07, 6.45) is 0. The molecule has 0 aliphatic heterocycles. The summed E-state index contributed by atoms with van der Waals surface area (Å²) in [6.45, 7) is 1.74. The van der Waals surface area contributed by atoms with Gasteiger partial charge < -0.3 is 5.73 Å². The van der Waals surface area contributed by atoms with Crippen molar-refractivity contribution >= 4 is 15.9 Å². The second-order valence-corrected chi connectivity index (χ2v) is 3.79. The minimum Gasteiger partial charge on any atom is -0.398 e. The first kappa shape index (κ1) is 8.99. The van der Waals surface area contributed by atoms with Gasteiger partial charge in [0, 0.05) is 0 Å². The highest BCUT2D eigenvalue weighted by atomic mass is 32.3. The summed E-state index contributed by atoms with van der Waals surface area (Å²) in [6, 6.07) is 4.05. The van der Waals surface area contributed by atoms with E-state index in [0.29, 0.717) is 0 Å². The van der Waals surface area contributed by atoms with Gasteiger partial charge in [0.15, 0.2) is 0 Å². The summed E-state index contributed by atoms with van der Waals surface area (Å²) in [5, 5.41) is 0. The zero-order valence-corrected chi connectivity index (χ0v) is 7.23. The summed E-state index contributed by atoms with van der Waals surface area (Å²) in [4.78, 5) is -0.465. The smallest absolute Gasteiger partial charge is 0.334 e. The predicted octanol–water partition coefficient (Wildman–Crippen LogP) is 1.24. The molecule has 1 aromatic carbocycles. The van der Waals surface area contributed by atoms with Crippen LogP contribution >= 0.6 is 0 Å². The Balaban J connectivity index is 3.39. The Morgan fingerprint density at radius 3 is 2.42 bits per heavy atom. The molecule has 0 fully saturated rings. The molecule has 1 rings (SSSR count). The average molecular weight is 189 g/mol. The van der Waals surface area contributed by atoms with Crippen LogP contribution in [-0.4, -0.2) is 8.42 Å². The number of halogens is 1. The number of nitrogens with two attached hydrogens (primary N) is 1. The first-order valence-electron chi connectivity index (χ1n) is 3.22. The van der Waals surface area contributed by atoms with Crippen molar-refractivity contribution in [1.82, 2.24) is 0 Å². The summed E-state index contributed by atoms with van der Waals surface area (Å²) in [5.74, 6) is 0. The highest BCUT2D eigenvalue weighted by Gasteiger charge is 2.14. The van der Waals surface area contributed by atoms with E-state index in [2.05, 4.69) is 0 Å². The molecular formula is C7H8FNO2S. The van der Waals surface area contributed by atoms with Crippen LogP contribution in [0.15, 0.2) is 23.1 Å². The number of rotatable bonds is 1. The largest absolute Gasteiger partial charge is 0.398 e. The van der Waals surface area contributed by atoms with Crippen molar-refractivity contribution in [2.75, 3.05) is 5.73 Å². The molecule has 0 aromatic heterocycles. The standard InChI is InChI=1S/C7H8FNO2S/c1-5-2-3-7(6(9)4-5)12(8,10)11/h2-4H,9H2,1H3. The fraction of sp³-hybridized carbons (Fsp3) is 0.143. The Kier molecular flexibility index (Phi) is 2.06. The van der Waals surface area contributed by atoms with Crippen molar-refractivity contribution in [1.29, 1.82) is 0 Å². The van der Waals surface area contributed by atoms with Gasteiger partial charge in [0.1, 0.15) is 4.90 Å². The lowest BCUT2D eigenvalue weighted by molar-refractivity contribution is 0.552. The molecule has 66 valence electrons. The molecule has 0 saturated carbocycles. The molecule has 12 heavy (non-hydrogen) atoms. The van der Waals surface area contributed by atoms with E-state index in [1.807, 2.05) is 0 Å². The normalized spacial score (nSPS) is 11.5. The van der Waals surface area contributed by atoms with E-state index >= 15 is 0 Å². The third kappa shape index (κ3) is 1.73. The molecule has 0 amide bonds. The van der Waals surface area contributed by atoms with Gasteiger partial charge in [-0.2, -0.15) is 8.42 Å². The summed E-state index contributed by atoms with van der Waals surface area (Å²) in [5.41, 5.74) is 6.02. The Labute approximate surface area is 70.2 Å². The molecule has 0 heterocycles. The van der Waals surface area contributed by atoms with Crippen molar-refractivity contribution < 1.29 is 12.3 Å². The fourth-order valence-corrected chi connectivity index (χ4v) is 1.46. The highest BCUT2D eigenvalue weighted by Crippen LogP contribution is 2.20. The summed E-state index contributed by atoms with van der Waals surface area (Å²) < 4.78 is 33.2. The third-order valence-electron chi connectivity index (χ3n) is 1.43. The van der Waals surface area contributed by atoms with E-state index in [9.17, 15) is 12.3 Å². The Hall–Kier alpha value is -1.10. The quantitative estimate of drug-likeness (QED) is 0.534. The van der Waals surface area contributed by atoms with E-state index in [0.717, 1.165) is 11.6 Å². The van der Waals surface area contributed by atoms with Gasteiger partial charge in [-0.05, 0) is 24.6 Å². The van der Waals surface area contributed by atoms with Gasteiger partial charge in [-0.25, -0.2) is 0 Å². The Morgan fingerprint density at radius 2 is 2.00 bits per heavy atom. The summed E-state index contributed by atoms with van der Waals surface area (Å²) in [7, 11) is -4.68. The van der Waals surface area contributed by atoms with Crippen LogP contribution in [0.25, 0.3) is 0 Å². The first-order valence-corrected chi connectivity index (χ1v) is 4.60. The van der Waals surface area contributed by atoms with Crippen LogP contribution in [-0.2, 0) is 10.2 Å². The topological polar surface area (TPSA) is 60.2 Å². The van der Waals surface area contributed by atoms with Crippen LogP contribution in [0.2, 0.25) is 0 Å². The SMILES string of the molecule is Cc1ccc(S(=O)(=O)F)c(N)c1. The molecule has 0 unspecified atom stereocenters. The van der Waals surface area contributed by atoms with Crippen LogP contribution < -0.4 is 5.73 Å². The lowest BCUT2D eigenvalue weighted by Crippen LogP contribution is -1.98. The first-order chi connectivity index (χ1) is 5.41. The lowest BCUT2D eigenvalue weighted by Gasteiger charge is -2.00. The summed E-state index contributed by atoms with van der Waals surface area (Å²) >= 11 is 0. The van der Waals surface area contributed by atoms with Gasteiger partial charge in [0.05, 0.1) is 5.69 Å². The van der Waals surface area contributed by atoms with E-state index in [4.69, 9.17) is 5.73 Å². The van der Waals surface area contributed by atoms with Gasteiger partial charge in [-0.15, -0.1) is 3.89 Å². The molecule has 0 aliphatic carbocycles. The molecule has 0 atom stereocenters. The minimum absolute atomic E-state index is 0.0579. The van der Waals surface area contributed by atoms with Crippen LogP contribution in [0.1, 0.15) is 5.56 Å². The predicted molar refractivity (Wildman–Crippen MR) is 43.9 cm³/mol. The number of hydrogen-bond acceptors (Lipinski definition) is 3. The molecule has 0 saturated heterocycles. The minimum atomic E-state index is -4.68. The fourth-order valence-electron chi connectivity index (χ4n) is 0.890. The molecule has 0 radical (unpaired) electrons. The molecule has 2 N–H and O–H groups in total. The number of hydrogen-bond donors (Lipinski definition) is 1. The molecule has 1 aromatic rings. The molecule has 5 heteroatoms. The van der Waals surface area contributed by atoms with Crippen molar-refractivity contribution in [2.45, 2.75) is 11.8 Å². The van der Waals surface area contributed by atoms with Gasteiger partial charge in [-0.3, -0.25) is 0 Å². The lowest BCUT2D eigenvalue weighted by atomic mass is 10.2. The second kappa shape index (κ2) is 2.75. The van der Waals surface area contributed by atoms with Crippen molar-refractivity contribution in [3.05, 3.63) is 23.8 Å². The van der Waals surface area contributed by atoms with Crippen molar-refractivity contribution in [2.24, 2.45) is 0 Å². The average Bonchev–Trinajstić information content (AvgIpc) is 1.83. The zero-order valence-electron chi connectivity index (χ0n) is 6.41. The van der Waals surface area contributed by atoms with Crippen LogP contribution in [0, 0.1) is 6.92 Å². The Bertz CT molecular complexity index is 400. The number of nitrogen functional groups attached to an aromatic ring is 1. The molecule has 0 bridgehead atoms. The molecular weight excluding hydrogens is 181 g/mol. The van der Waals surface area contributed by atoms with E-state index < -0.39 is 15.1 Å². The maximum Gasteiger partial charge on any atom is 0.334 e. The number of aryl methyl sites for hydroxylation is 1. The van der Waals surface area contributed by atoms with E-state index in [1.54, 1.807) is 6.92 Å². The van der Waals surface area contributed by atoms with Crippen molar-refractivity contribution in [3.63, 3.8) is 0 Å². The van der Waals surface area contributed by atoms with Gasteiger partial charge in [0.2, 0.25) is 0 Å². The van der Waals surface area contributed by atoms with Crippen LogP contribution in [0.4, 0.5) is 9.57 Å². The molecule has 0 spiro atoms. The van der Waals surface area contributed by atoms with Gasteiger partial charge in [-0.1, -0.05) is 6.07 Å². The van der Waals surface area contributed by atoms with Crippen molar-refractivity contribution in [3.8, 4) is 0 Å². The third-order valence-corrected chi connectivity index (χ3v) is 2.33. The maximum absolute atomic E-state index is 12.4. The maximum atomic E-state index is 12.4. The zero-order chi connectivity index (χ0) is 9.35. The van der Waals surface area contributed by atoms with Gasteiger partial charge >= 0.3 is 10.2 Å². The second-order valence-electron chi connectivity index (χ2n) is 2.48. The Morgan fingerprint density at radius 1 is 1.42 bits per heavy atom. The molecule has 3 nitrogen and oxygen atoms in total. The number of benzene rings is 1. The highest BCUT2D eigenvalue weighted by molar-refractivity contribution is 7.86. The van der Waals surface area contributed by atoms with E-state index in [-0.39, 0.29) is 5.69 Å². The monoisotopic (exact) mass is 189 g/mol. The molecule has 0 aliphatic rings. The van der Waals surface area contributed by atoms with Crippen LogP contribution in [0.5, 0.6) is 0 Å². The van der Waals surface area contributed by atoms with Gasteiger partial charge in [0.25, 0.3) is 0 Å². The van der Waals surface area contributed by atoms with E-state index in [1.165, 1.54) is 12.1 Å². The number of anilines is 1. The van der Waals surface area contributed by atoms with Crippen LogP contribution in [0.3, 0.4) is 0 Å².